The Bertz CT molecular complexity index is 1570. The smallest absolute Gasteiger partial charge is 0.322 e. The maximum absolute atomic E-state index is 13.0. The first-order valence-electron chi connectivity index (χ1n) is 14.8. The molecule has 2 aromatic heterocycles. The van der Waals surface area contributed by atoms with Gasteiger partial charge in [-0.3, -0.25) is 14.6 Å². The molecule has 5 rings (SSSR count). The van der Waals surface area contributed by atoms with Gasteiger partial charge in [0.25, 0.3) is 5.91 Å². The zero-order chi connectivity index (χ0) is 31.1. The predicted molar refractivity (Wildman–Crippen MR) is 166 cm³/mol. The molecule has 10 nitrogen and oxygen atoms in total. The second-order valence-electron chi connectivity index (χ2n) is 11.1. The average Bonchev–Trinajstić information content (AvgIpc) is 3.04. The molecule has 1 atom stereocenters. The number of aliphatic hydroxyl groups excluding tert-OH is 1. The van der Waals surface area contributed by atoms with Crippen LogP contribution in [0.2, 0.25) is 0 Å². The number of rotatable bonds is 11. The van der Waals surface area contributed by atoms with E-state index in [1.165, 1.54) is 0 Å². The molecule has 4 aromatic rings. The summed E-state index contributed by atoms with van der Waals surface area (Å²) < 4.78 is 5.99. The van der Waals surface area contributed by atoms with E-state index in [0.717, 1.165) is 54.0 Å². The SMILES string of the molecule is Cc1nc(CC2CCN(c3ccc(-c4ccc(C(C)O)cn4)cc3)CC2)nc(C(=O)NCC(=O)O)c1OCc1ccccc1. The number of aryl methyl sites for hydroxylation is 1. The van der Waals surface area contributed by atoms with Gasteiger partial charge in [-0.05, 0) is 61.9 Å². The highest BCUT2D eigenvalue weighted by molar-refractivity contribution is 5.96. The topological polar surface area (TPSA) is 138 Å². The summed E-state index contributed by atoms with van der Waals surface area (Å²) in [5.41, 5.74) is 5.35. The number of anilines is 1. The van der Waals surface area contributed by atoms with E-state index in [2.05, 4.69) is 49.4 Å². The molecule has 0 radical (unpaired) electrons. The van der Waals surface area contributed by atoms with Crippen molar-refractivity contribution in [3.8, 4) is 17.0 Å². The molecule has 0 saturated carbocycles. The summed E-state index contributed by atoms with van der Waals surface area (Å²) in [6.45, 7) is 4.99. The van der Waals surface area contributed by atoms with E-state index in [4.69, 9.17) is 9.84 Å². The number of carbonyl (C=O) groups is 2. The van der Waals surface area contributed by atoms with Gasteiger partial charge in [0.1, 0.15) is 19.0 Å². The van der Waals surface area contributed by atoms with Crippen molar-refractivity contribution in [1.29, 1.82) is 0 Å². The third-order valence-electron chi connectivity index (χ3n) is 7.81. The lowest BCUT2D eigenvalue weighted by molar-refractivity contribution is -0.135. The van der Waals surface area contributed by atoms with E-state index in [1.807, 2.05) is 42.5 Å². The van der Waals surface area contributed by atoms with Crippen molar-refractivity contribution in [2.45, 2.75) is 45.8 Å². The van der Waals surface area contributed by atoms with E-state index in [1.54, 1.807) is 20.0 Å². The number of ether oxygens (including phenoxy) is 1. The van der Waals surface area contributed by atoms with Crippen LogP contribution in [0.15, 0.2) is 72.9 Å². The number of piperidine rings is 1. The number of hydrogen-bond donors (Lipinski definition) is 3. The van der Waals surface area contributed by atoms with Crippen LogP contribution in [0.5, 0.6) is 5.75 Å². The number of carboxylic acid groups (broad SMARTS) is 1. The second kappa shape index (κ2) is 14.1. The van der Waals surface area contributed by atoms with E-state index in [0.29, 0.717) is 23.9 Å². The minimum Gasteiger partial charge on any atom is -0.485 e. The van der Waals surface area contributed by atoms with Crippen molar-refractivity contribution in [2.24, 2.45) is 5.92 Å². The van der Waals surface area contributed by atoms with Crippen LogP contribution in [0.1, 0.15) is 59.0 Å². The van der Waals surface area contributed by atoms with E-state index >= 15 is 0 Å². The van der Waals surface area contributed by atoms with Gasteiger partial charge in [-0.15, -0.1) is 0 Å². The van der Waals surface area contributed by atoms with Crippen molar-refractivity contribution in [3.05, 3.63) is 101 Å². The molecule has 44 heavy (non-hydrogen) atoms. The Morgan fingerprint density at radius 1 is 1.02 bits per heavy atom. The van der Waals surface area contributed by atoms with Crippen LogP contribution in [-0.2, 0) is 17.8 Å². The van der Waals surface area contributed by atoms with Crippen LogP contribution in [0.4, 0.5) is 5.69 Å². The van der Waals surface area contributed by atoms with Gasteiger partial charge in [0.05, 0.1) is 17.5 Å². The maximum atomic E-state index is 13.0. The molecule has 1 aliphatic heterocycles. The molecule has 1 unspecified atom stereocenters. The Hall–Kier alpha value is -4.83. The molecule has 1 aliphatic rings. The van der Waals surface area contributed by atoms with Crippen molar-refractivity contribution < 1.29 is 24.5 Å². The van der Waals surface area contributed by atoms with Gasteiger partial charge in [0.15, 0.2) is 11.4 Å². The third kappa shape index (κ3) is 7.76. The average molecular weight is 596 g/mol. The fraction of sp³-hybridized carbons (Fsp3) is 0.324. The zero-order valence-corrected chi connectivity index (χ0v) is 24.9. The van der Waals surface area contributed by atoms with Crippen LogP contribution in [0, 0.1) is 12.8 Å². The fourth-order valence-corrected chi connectivity index (χ4v) is 5.33. The number of carbonyl (C=O) groups excluding carboxylic acids is 1. The number of aliphatic carboxylic acids is 1. The van der Waals surface area contributed by atoms with Crippen molar-refractivity contribution >= 4 is 17.6 Å². The Morgan fingerprint density at radius 3 is 2.39 bits per heavy atom. The van der Waals surface area contributed by atoms with E-state index in [-0.39, 0.29) is 18.1 Å². The molecular weight excluding hydrogens is 558 g/mol. The minimum atomic E-state index is -1.14. The molecule has 228 valence electrons. The summed E-state index contributed by atoms with van der Waals surface area (Å²) >= 11 is 0. The number of benzene rings is 2. The number of carboxylic acids is 1. The van der Waals surface area contributed by atoms with Crippen LogP contribution >= 0.6 is 0 Å². The first kappa shape index (κ1) is 30.6. The quantitative estimate of drug-likeness (QED) is 0.224. The van der Waals surface area contributed by atoms with Gasteiger partial charge in [0, 0.05) is 37.0 Å². The van der Waals surface area contributed by atoms with Crippen LogP contribution < -0.4 is 15.0 Å². The lowest BCUT2D eigenvalue weighted by atomic mass is 9.92. The highest BCUT2D eigenvalue weighted by atomic mass is 16.5. The first-order chi connectivity index (χ1) is 21.3. The lowest BCUT2D eigenvalue weighted by Gasteiger charge is -2.33. The van der Waals surface area contributed by atoms with Gasteiger partial charge in [0.2, 0.25) is 0 Å². The highest BCUT2D eigenvalue weighted by Crippen LogP contribution is 2.29. The standard InChI is InChI=1S/C34H37N5O5/c1-22-33(44-21-25-6-4-3-5-7-25)32(34(43)36-20-31(41)42)38-30(37-22)18-24-14-16-39(17-15-24)28-11-8-26(9-12-28)29-13-10-27(19-35-29)23(2)40/h3-13,19,23-24,40H,14-18,20-21H2,1-2H3,(H,36,43)(H,41,42). The Balaban J connectivity index is 1.23. The Labute approximate surface area is 256 Å². The lowest BCUT2D eigenvalue weighted by Crippen LogP contribution is -2.34. The van der Waals surface area contributed by atoms with Crippen LogP contribution in [0.25, 0.3) is 11.3 Å². The number of hydrogen-bond acceptors (Lipinski definition) is 8. The molecule has 3 heterocycles. The number of aliphatic hydroxyl groups is 1. The summed E-state index contributed by atoms with van der Waals surface area (Å²) in [6.07, 6.45) is 3.67. The molecule has 0 aliphatic carbocycles. The summed E-state index contributed by atoms with van der Waals surface area (Å²) in [5, 5.41) is 21.2. The fourth-order valence-electron chi connectivity index (χ4n) is 5.33. The predicted octanol–water partition coefficient (Wildman–Crippen LogP) is 4.75. The number of nitrogens with one attached hydrogen (secondary N) is 1. The third-order valence-corrected chi connectivity index (χ3v) is 7.81. The van der Waals surface area contributed by atoms with Crippen LogP contribution in [-0.4, -0.2) is 56.7 Å². The van der Waals surface area contributed by atoms with Crippen molar-refractivity contribution in [1.82, 2.24) is 20.3 Å². The molecular formula is C34H37N5O5. The normalized spacial score (nSPS) is 14.2. The monoisotopic (exact) mass is 595 g/mol. The summed E-state index contributed by atoms with van der Waals surface area (Å²) in [4.78, 5) is 40.2. The minimum absolute atomic E-state index is 0.0530. The maximum Gasteiger partial charge on any atom is 0.322 e. The zero-order valence-electron chi connectivity index (χ0n) is 24.9. The molecule has 0 bridgehead atoms. The van der Waals surface area contributed by atoms with Crippen molar-refractivity contribution in [2.75, 3.05) is 24.5 Å². The van der Waals surface area contributed by atoms with Gasteiger partial charge in [-0.1, -0.05) is 48.5 Å². The first-order valence-corrected chi connectivity index (χ1v) is 14.8. The van der Waals surface area contributed by atoms with Gasteiger partial charge < -0.3 is 25.2 Å². The number of amides is 1. The molecule has 2 aromatic carbocycles. The van der Waals surface area contributed by atoms with Gasteiger partial charge >= 0.3 is 5.97 Å². The summed E-state index contributed by atoms with van der Waals surface area (Å²) in [7, 11) is 0. The number of nitrogens with zero attached hydrogens (tertiary/aromatic N) is 4. The molecule has 1 saturated heterocycles. The summed E-state index contributed by atoms with van der Waals surface area (Å²) in [5.74, 6) is -0.595. The number of aromatic nitrogens is 3. The Kier molecular flexibility index (Phi) is 9.81. The molecule has 1 amide bonds. The highest BCUT2D eigenvalue weighted by Gasteiger charge is 2.25. The largest absolute Gasteiger partial charge is 0.485 e. The molecule has 3 N–H and O–H groups in total. The van der Waals surface area contributed by atoms with E-state index in [9.17, 15) is 14.7 Å². The van der Waals surface area contributed by atoms with Gasteiger partial charge in [-0.25, -0.2) is 9.97 Å². The molecule has 0 spiro atoms. The van der Waals surface area contributed by atoms with E-state index < -0.39 is 24.5 Å². The molecule has 10 heteroatoms. The Morgan fingerprint density at radius 2 is 1.75 bits per heavy atom. The van der Waals surface area contributed by atoms with Crippen molar-refractivity contribution in [3.63, 3.8) is 0 Å². The number of pyridine rings is 1. The van der Waals surface area contributed by atoms with Crippen LogP contribution in [0.3, 0.4) is 0 Å². The second-order valence-corrected chi connectivity index (χ2v) is 11.1. The molecule has 1 fully saturated rings. The summed E-state index contributed by atoms with van der Waals surface area (Å²) in [6, 6.07) is 21.8. The van der Waals surface area contributed by atoms with Gasteiger partial charge in [-0.2, -0.15) is 0 Å².